The maximum atomic E-state index is 13.1. The predicted octanol–water partition coefficient (Wildman–Crippen LogP) is 3.14. The molecule has 1 atom stereocenters. The molecule has 2 aliphatic rings. The molecule has 2 aromatic rings. The fourth-order valence-electron chi connectivity index (χ4n) is 3.90. The molecule has 4 heteroatoms. The molecule has 4 nitrogen and oxygen atoms in total. The number of carbonyl (C=O) groups excluding carboxylic acids is 1. The van der Waals surface area contributed by atoms with Crippen LogP contribution in [0.2, 0.25) is 0 Å². The van der Waals surface area contributed by atoms with Gasteiger partial charge in [-0.15, -0.1) is 0 Å². The highest BCUT2D eigenvalue weighted by Crippen LogP contribution is 2.50. The Morgan fingerprint density at radius 2 is 1.79 bits per heavy atom. The third-order valence-corrected chi connectivity index (χ3v) is 5.33. The first kappa shape index (κ1) is 15.3. The predicted molar refractivity (Wildman–Crippen MR) is 92.8 cm³/mol. The fraction of sp³-hybridized carbons (Fsp3) is 0.450. The summed E-state index contributed by atoms with van der Waals surface area (Å²) in [5, 5.41) is 0. The molecular weight excluding hydrogens is 298 g/mol. The van der Waals surface area contributed by atoms with Gasteiger partial charge in [-0.3, -0.25) is 4.79 Å². The highest BCUT2D eigenvalue weighted by molar-refractivity contribution is 5.91. The van der Waals surface area contributed by atoms with Crippen molar-refractivity contribution in [2.45, 2.75) is 44.4 Å². The number of hydrogen-bond acceptors (Lipinski definition) is 3. The van der Waals surface area contributed by atoms with E-state index in [1.165, 1.54) is 5.56 Å². The molecule has 24 heavy (non-hydrogen) atoms. The number of carbonyl (C=O) groups is 1. The van der Waals surface area contributed by atoms with E-state index in [1.54, 1.807) is 0 Å². The molecule has 1 unspecified atom stereocenters. The van der Waals surface area contributed by atoms with Crippen molar-refractivity contribution in [3.8, 4) is 0 Å². The molecule has 4 rings (SSSR count). The molecule has 1 aromatic heterocycles. The molecule has 0 bridgehead atoms. The van der Waals surface area contributed by atoms with Crippen LogP contribution in [0.4, 0.5) is 0 Å². The number of aromatic nitrogens is 2. The number of aryl methyl sites for hydroxylation is 2. The molecule has 0 spiro atoms. The zero-order valence-corrected chi connectivity index (χ0v) is 14.3. The van der Waals surface area contributed by atoms with Gasteiger partial charge in [-0.2, -0.15) is 0 Å². The molecule has 124 valence electrons. The van der Waals surface area contributed by atoms with Gasteiger partial charge in [-0.1, -0.05) is 30.3 Å². The van der Waals surface area contributed by atoms with Crippen LogP contribution in [0.1, 0.15) is 48.0 Å². The normalized spacial score (nSPS) is 21.8. The maximum absolute atomic E-state index is 13.1. The van der Waals surface area contributed by atoms with Crippen molar-refractivity contribution in [2.75, 3.05) is 13.1 Å². The number of hydrogen-bond donors (Lipinski definition) is 0. The van der Waals surface area contributed by atoms with Crippen molar-refractivity contribution in [3.05, 3.63) is 59.2 Å². The van der Waals surface area contributed by atoms with E-state index < -0.39 is 0 Å². The smallest absolute Gasteiger partial charge is 0.233 e. The fourth-order valence-corrected chi connectivity index (χ4v) is 3.90. The molecule has 0 radical (unpaired) electrons. The number of amides is 1. The molecule has 1 saturated heterocycles. The minimum Gasteiger partial charge on any atom is -0.341 e. The first-order valence-corrected chi connectivity index (χ1v) is 8.75. The van der Waals surface area contributed by atoms with Crippen LogP contribution in [0, 0.1) is 13.8 Å². The number of likely N-dealkylation sites (tertiary alicyclic amines) is 1. The zero-order chi connectivity index (χ0) is 16.7. The molecule has 1 saturated carbocycles. The van der Waals surface area contributed by atoms with Crippen LogP contribution in [-0.4, -0.2) is 33.9 Å². The Morgan fingerprint density at radius 1 is 1.12 bits per heavy atom. The van der Waals surface area contributed by atoms with Gasteiger partial charge in [0.15, 0.2) is 0 Å². The average Bonchev–Trinajstić information content (AvgIpc) is 3.24. The first-order valence-electron chi connectivity index (χ1n) is 8.75. The topological polar surface area (TPSA) is 46.1 Å². The lowest BCUT2D eigenvalue weighted by molar-refractivity contribution is -0.132. The van der Waals surface area contributed by atoms with E-state index >= 15 is 0 Å². The zero-order valence-electron chi connectivity index (χ0n) is 14.3. The SMILES string of the molecule is Cc1cc(C)nc(C2CCN(C(=O)C3(c4ccccc4)CC3)C2)n1. The van der Waals surface area contributed by atoms with Crippen LogP contribution in [0.25, 0.3) is 0 Å². The molecule has 2 fully saturated rings. The van der Waals surface area contributed by atoms with Gasteiger partial charge in [0.25, 0.3) is 0 Å². The lowest BCUT2D eigenvalue weighted by atomic mass is 9.94. The van der Waals surface area contributed by atoms with Crippen LogP contribution < -0.4 is 0 Å². The Bertz CT molecular complexity index is 747. The summed E-state index contributed by atoms with van der Waals surface area (Å²) in [5.41, 5.74) is 2.91. The minimum atomic E-state index is -0.264. The lowest BCUT2D eigenvalue weighted by Gasteiger charge is -2.23. The highest BCUT2D eigenvalue weighted by Gasteiger charge is 2.53. The van der Waals surface area contributed by atoms with Gasteiger partial charge in [0, 0.05) is 30.4 Å². The summed E-state index contributed by atoms with van der Waals surface area (Å²) < 4.78 is 0. The minimum absolute atomic E-state index is 0.263. The first-order chi connectivity index (χ1) is 11.6. The summed E-state index contributed by atoms with van der Waals surface area (Å²) in [6.07, 6.45) is 2.90. The van der Waals surface area contributed by atoms with E-state index in [-0.39, 0.29) is 11.3 Å². The van der Waals surface area contributed by atoms with Crippen LogP contribution >= 0.6 is 0 Å². The van der Waals surface area contributed by atoms with Gasteiger partial charge in [-0.05, 0) is 44.7 Å². The van der Waals surface area contributed by atoms with E-state index in [0.717, 1.165) is 49.6 Å². The van der Waals surface area contributed by atoms with Crippen molar-refractivity contribution in [3.63, 3.8) is 0 Å². The van der Waals surface area contributed by atoms with Gasteiger partial charge < -0.3 is 4.90 Å². The van der Waals surface area contributed by atoms with E-state index in [1.807, 2.05) is 43.0 Å². The molecule has 1 aromatic carbocycles. The Labute approximate surface area is 142 Å². The van der Waals surface area contributed by atoms with Crippen LogP contribution in [0.5, 0.6) is 0 Å². The summed E-state index contributed by atoms with van der Waals surface area (Å²) in [5.74, 6) is 1.45. The van der Waals surface area contributed by atoms with Crippen molar-refractivity contribution in [1.29, 1.82) is 0 Å². The summed E-state index contributed by atoms with van der Waals surface area (Å²) in [7, 11) is 0. The Balaban J connectivity index is 1.52. The summed E-state index contributed by atoms with van der Waals surface area (Å²) in [6.45, 7) is 5.57. The Kier molecular flexibility index (Phi) is 3.63. The standard InChI is InChI=1S/C20H23N3O/c1-14-12-15(2)22-18(21-14)16-8-11-23(13-16)19(24)20(9-10-20)17-6-4-3-5-7-17/h3-7,12,16H,8-11,13H2,1-2H3. The third kappa shape index (κ3) is 2.60. The van der Waals surface area contributed by atoms with E-state index in [4.69, 9.17) is 0 Å². The molecule has 1 aliphatic carbocycles. The summed E-state index contributed by atoms with van der Waals surface area (Å²) >= 11 is 0. The Morgan fingerprint density at radius 3 is 2.42 bits per heavy atom. The number of benzene rings is 1. The number of nitrogens with zero attached hydrogens (tertiary/aromatic N) is 3. The van der Waals surface area contributed by atoms with E-state index in [2.05, 4.69) is 22.1 Å². The van der Waals surface area contributed by atoms with Gasteiger partial charge in [0.05, 0.1) is 5.41 Å². The van der Waals surface area contributed by atoms with Crippen LogP contribution in [0.3, 0.4) is 0 Å². The van der Waals surface area contributed by atoms with Crippen molar-refractivity contribution >= 4 is 5.91 Å². The van der Waals surface area contributed by atoms with Gasteiger partial charge >= 0.3 is 0 Å². The van der Waals surface area contributed by atoms with E-state index in [0.29, 0.717) is 5.91 Å². The summed E-state index contributed by atoms with van der Waals surface area (Å²) in [4.78, 5) is 24.4. The average molecular weight is 321 g/mol. The molecular formula is C20H23N3O. The van der Waals surface area contributed by atoms with Gasteiger partial charge in [0.2, 0.25) is 5.91 Å². The third-order valence-electron chi connectivity index (χ3n) is 5.33. The van der Waals surface area contributed by atoms with Crippen LogP contribution in [0.15, 0.2) is 36.4 Å². The lowest BCUT2D eigenvalue weighted by Crippen LogP contribution is -2.37. The van der Waals surface area contributed by atoms with Gasteiger partial charge in [0.1, 0.15) is 5.82 Å². The van der Waals surface area contributed by atoms with Crippen LogP contribution in [-0.2, 0) is 10.2 Å². The summed E-state index contributed by atoms with van der Waals surface area (Å²) in [6, 6.07) is 12.2. The second kappa shape index (κ2) is 5.69. The van der Waals surface area contributed by atoms with Crippen molar-refractivity contribution in [2.24, 2.45) is 0 Å². The second-order valence-electron chi connectivity index (χ2n) is 7.19. The van der Waals surface area contributed by atoms with E-state index in [9.17, 15) is 4.79 Å². The van der Waals surface area contributed by atoms with Crippen molar-refractivity contribution < 1.29 is 4.79 Å². The molecule has 0 N–H and O–H groups in total. The second-order valence-corrected chi connectivity index (χ2v) is 7.19. The number of rotatable bonds is 3. The quantitative estimate of drug-likeness (QED) is 0.872. The molecule has 2 heterocycles. The van der Waals surface area contributed by atoms with Gasteiger partial charge in [-0.25, -0.2) is 9.97 Å². The largest absolute Gasteiger partial charge is 0.341 e. The highest BCUT2D eigenvalue weighted by atomic mass is 16.2. The molecule has 1 amide bonds. The molecule has 1 aliphatic heterocycles. The van der Waals surface area contributed by atoms with Crippen molar-refractivity contribution in [1.82, 2.24) is 14.9 Å². The Hall–Kier alpha value is -2.23. The maximum Gasteiger partial charge on any atom is 0.233 e. The monoisotopic (exact) mass is 321 g/mol.